The predicted octanol–water partition coefficient (Wildman–Crippen LogP) is 3.85. The van der Waals surface area contributed by atoms with Crippen LogP contribution in [0.15, 0.2) is 24.3 Å². The molecule has 2 rings (SSSR count). The SMILES string of the molecule is CC(C)N(CC1CCCN(CC(=O)Nc2cccc(C#N)c2)C1)C(=O)OC(C)(C)C. The number of carbonyl (C=O) groups is 2. The minimum absolute atomic E-state index is 0.0472. The van der Waals surface area contributed by atoms with Crippen LogP contribution in [0.25, 0.3) is 0 Å². The van der Waals surface area contributed by atoms with Crippen molar-refractivity contribution in [1.29, 1.82) is 5.26 Å². The standard InChI is InChI=1S/C23H34N4O3/c1-17(2)27(22(29)30-23(3,4)5)15-19-9-7-11-26(14-19)16-21(28)25-20-10-6-8-18(12-20)13-24/h6,8,10,12,17,19H,7,9,11,14-16H2,1-5H3,(H,25,28). The number of carbonyl (C=O) groups excluding carboxylic acids is 2. The average Bonchev–Trinajstić information content (AvgIpc) is 2.64. The summed E-state index contributed by atoms with van der Waals surface area (Å²) in [6.45, 7) is 12.1. The molecule has 1 unspecified atom stereocenters. The van der Waals surface area contributed by atoms with Crippen LogP contribution >= 0.6 is 0 Å². The van der Waals surface area contributed by atoms with E-state index in [0.717, 1.165) is 25.9 Å². The van der Waals surface area contributed by atoms with Gasteiger partial charge in [0.05, 0.1) is 18.2 Å². The van der Waals surface area contributed by atoms with Crippen LogP contribution in [0.2, 0.25) is 0 Å². The fourth-order valence-electron chi connectivity index (χ4n) is 3.61. The van der Waals surface area contributed by atoms with E-state index in [9.17, 15) is 9.59 Å². The van der Waals surface area contributed by atoms with Gasteiger partial charge in [-0.15, -0.1) is 0 Å². The number of nitrogens with one attached hydrogen (secondary N) is 1. The summed E-state index contributed by atoms with van der Waals surface area (Å²) in [5.41, 5.74) is 0.620. The molecule has 2 amide bonds. The number of piperidine rings is 1. The van der Waals surface area contributed by atoms with Crippen LogP contribution in [0.4, 0.5) is 10.5 Å². The van der Waals surface area contributed by atoms with Crippen molar-refractivity contribution in [2.75, 3.05) is 31.5 Å². The largest absolute Gasteiger partial charge is 0.444 e. The highest BCUT2D eigenvalue weighted by Gasteiger charge is 2.29. The molecule has 1 fully saturated rings. The smallest absolute Gasteiger partial charge is 0.410 e. The molecule has 0 aromatic heterocycles. The number of nitrogens with zero attached hydrogens (tertiary/aromatic N) is 3. The highest BCUT2D eigenvalue weighted by atomic mass is 16.6. The zero-order valence-corrected chi connectivity index (χ0v) is 18.8. The van der Waals surface area contributed by atoms with Crippen molar-refractivity contribution in [1.82, 2.24) is 9.80 Å². The monoisotopic (exact) mass is 414 g/mol. The topological polar surface area (TPSA) is 85.7 Å². The fraction of sp³-hybridized carbons (Fsp3) is 0.609. The Bertz CT molecular complexity index is 779. The number of anilines is 1. The Morgan fingerprint density at radius 1 is 1.37 bits per heavy atom. The summed E-state index contributed by atoms with van der Waals surface area (Å²) in [6, 6.07) is 9.02. The van der Waals surface area contributed by atoms with Gasteiger partial charge in [-0.05, 0) is 78.1 Å². The molecule has 7 nitrogen and oxygen atoms in total. The van der Waals surface area contributed by atoms with Crippen LogP contribution in [0.1, 0.15) is 53.0 Å². The van der Waals surface area contributed by atoms with Gasteiger partial charge < -0.3 is 15.0 Å². The van der Waals surface area contributed by atoms with E-state index < -0.39 is 5.60 Å². The van der Waals surface area contributed by atoms with E-state index in [1.54, 1.807) is 29.2 Å². The molecule has 164 valence electrons. The van der Waals surface area contributed by atoms with Crippen molar-refractivity contribution < 1.29 is 14.3 Å². The van der Waals surface area contributed by atoms with Gasteiger partial charge in [-0.2, -0.15) is 5.26 Å². The first-order valence-corrected chi connectivity index (χ1v) is 10.6. The molecular weight excluding hydrogens is 380 g/mol. The number of benzene rings is 1. The van der Waals surface area contributed by atoms with Gasteiger partial charge in [0.1, 0.15) is 5.60 Å². The van der Waals surface area contributed by atoms with Gasteiger partial charge in [0.25, 0.3) is 0 Å². The van der Waals surface area contributed by atoms with Gasteiger partial charge in [-0.25, -0.2) is 4.79 Å². The maximum atomic E-state index is 12.6. The molecule has 0 saturated carbocycles. The molecular formula is C23H34N4O3. The second kappa shape index (κ2) is 10.4. The van der Waals surface area contributed by atoms with Crippen molar-refractivity contribution in [3.05, 3.63) is 29.8 Å². The van der Waals surface area contributed by atoms with E-state index in [0.29, 0.717) is 30.3 Å². The van der Waals surface area contributed by atoms with Crippen molar-refractivity contribution in [3.63, 3.8) is 0 Å². The summed E-state index contributed by atoms with van der Waals surface area (Å²) in [6.07, 6.45) is 1.72. The molecule has 0 aliphatic carbocycles. The van der Waals surface area contributed by atoms with Crippen LogP contribution in [0.5, 0.6) is 0 Å². The maximum Gasteiger partial charge on any atom is 0.410 e. The normalized spacial score (nSPS) is 17.3. The zero-order chi connectivity index (χ0) is 22.3. The lowest BCUT2D eigenvalue weighted by atomic mass is 9.97. The lowest BCUT2D eigenvalue weighted by molar-refractivity contribution is -0.117. The van der Waals surface area contributed by atoms with Gasteiger partial charge in [0.15, 0.2) is 0 Å². The number of ether oxygens (including phenoxy) is 1. The van der Waals surface area contributed by atoms with Gasteiger partial charge in [0.2, 0.25) is 5.91 Å². The van der Waals surface area contributed by atoms with E-state index in [4.69, 9.17) is 10.00 Å². The van der Waals surface area contributed by atoms with Gasteiger partial charge in [-0.1, -0.05) is 6.07 Å². The minimum atomic E-state index is -0.524. The summed E-state index contributed by atoms with van der Waals surface area (Å²) in [7, 11) is 0. The van der Waals surface area contributed by atoms with Crippen LogP contribution in [0, 0.1) is 17.2 Å². The van der Waals surface area contributed by atoms with Crippen molar-refractivity contribution in [2.45, 2.75) is 59.1 Å². The molecule has 1 aromatic carbocycles. The van der Waals surface area contributed by atoms with Crippen molar-refractivity contribution in [2.24, 2.45) is 5.92 Å². The van der Waals surface area contributed by atoms with E-state index in [1.807, 2.05) is 34.6 Å². The lowest BCUT2D eigenvalue weighted by Gasteiger charge is -2.37. The van der Waals surface area contributed by atoms with Crippen LogP contribution in [-0.4, -0.2) is 59.6 Å². The first kappa shape index (κ1) is 23.7. The molecule has 1 saturated heterocycles. The Morgan fingerprint density at radius 2 is 2.10 bits per heavy atom. The predicted molar refractivity (Wildman–Crippen MR) is 117 cm³/mol. The third-order valence-electron chi connectivity index (χ3n) is 4.95. The molecule has 1 heterocycles. The highest BCUT2D eigenvalue weighted by molar-refractivity contribution is 5.92. The quantitative estimate of drug-likeness (QED) is 0.764. The first-order chi connectivity index (χ1) is 14.1. The fourth-order valence-corrected chi connectivity index (χ4v) is 3.61. The molecule has 1 aliphatic rings. The summed E-state index contributed by atoms with van der Waals surface area (Å²) in [4.78, 5) is 29.0. The Balaban J connectivity index is 1.91. The molecule has 1 atom stereocenters. The van der Waals surface area contributed by atoms with E-state index >= 15 is 0 Å². The van der Waals surface area contributed by atoms with Crippen molar-refractivity contribution in [3.8, 4) is 6.07 Å². The Labute approximate surface area is 180 Å². The third-order valence-corrected chi connectivity index (χ3v) is 4.95. The van der Waals surface area contributed by atoms with E-state index in [-0.39, 0.29) is 18.0 Å². The maximum absolute atomic E-state index is 12.6. The number of nitriles is 1. The van der Waals surface area contributed by atoms with E-state index in [1.165, 1.54) is 0 Å². The van der Waals surface area contributed by atoms with Gasteiger partial charge in [-0.3, -0.25) is 9.69 Å². The Hall–Kier alpha value is -2.59. The number of rotatable bonds is 6. The van der Waals surface area contributed by atoms with Crippen molar-refractivity contribution >= 4 is 17.7 Å². The zero-order valence-electron chi connectivity index (χ0n) is 18.8. The number of likely N-dealkylation sites (tertiary alicyclic amines) is 1. The number of hydrogen-bond acceptors (Lipinski definition) is 5. The number of amides is 2. The Morgan fingerprint density at radius 3 is 2.73 bits per heavy atom. The molecule has 1 aromatic rings. The first-order valence-electron chi connectivity index (χ1n) is 10.6. The average molecular weight is 415 g/mol. The summed E-state index contributed by atoms with van der Waals surface area (Å²) < 4.78 is 5.57. The van der Waals surface area contributed by atoms with E-state index in [2.05, 4.69) is 16.3 Å². The van der Waals surface area contributed by atoms with Crippen LogP contribution in [0.3, 0.4) is 0 Å². The summed E-state index contributed by atoms with van der Waals surface area (Å²) in [5.74, 6) is 0.196. The van der Waals surface area contributed by atoms with Crippen LogP contribution in [-0.2, 0) is 9.53 Å². The second-order valence-corrected chi connectivity index (χ2v) is 9.21. The molecule has 0 bridgehead atoms. The molecule has 30 heavy (non-hydrogen) atoms. The molecule has 0 spiro atoms. The third kappa shape index (κ3) is 7.68. The summed E-state index contributed by atoms with van der Waals surface area (Å²) >= 11 is 0. The molecule has 1 N–H and O–H groups in total. The van der Waals surface area contributed by atoms with Gasteiger partial charge in [0, 0.05) is 24.8 Å². The minimum Gasteiger partial charge on any atom is -0.444 e. The van der Waals surface area contributed by atoms with Crippen LogP contribution < -0.4 is 5.32 Å². The summed E-state index contributed by atoms with van der Waals surface area (Å²) in [5, 5.41) is 11.9. The Kier molecular flexibility index (Phi) is 8.24. The second-order valence-electron chi connectivity index (χ2n) is 9.21. The number of hydrogen-bond donors (Lipinski definition) is 1. The van der Waals surface area contributed by atoms with Gasteiger partial charge >= 0.3 is 6.09 Å². The molecule has 0 radical (unpaired) electrons. The molecule has 7 heteroatoms. The molecule has 1 aliphatic heterocycles. The lowest BCUT2D eigenvalue weighted by Crippen LogP contribution is -2.48. The highest BCUT2D eigenvalue weighted by Crippen LogP contribution is 2.21.